The molecule has 1 atom stereocenters. The normalized spacial score (nSPS) is 19.3. The van der Waals surface area contributed by atoms with Gasteiger partial charge >= 0.3 is 0 Å². The first-order valence-electron chi connectivity index (χ1n) is 10.7. The lowest BCUT2D eigenvalue weighted by Gasteiger charge is -2.33. The van der Waals surface area contributed by atoms with Crippen LogP contribution in [0.25, 0.3) is 0 Å². The van der Waals surface area contributed by atoms with Crippen LogP contribution in [0.5, 0.6) is 5.75 Å². The second kappa shape index (κ2) is 8.23. The summed E-state index contributed by atoms with van der Waals surface area (Å²) >= 11 is 1.41. The van der Waals surface area contributed by atoms with Crippen LogP contribution in [0.4, 0.5) is 10.1 Å². The molecule has 0 aliphatic carbocycles. The first-order valence-corrected chi connectivity index (χ1v) is 11.7. The van der Waals surface area contributed by atoms with Gasteiger partial charge in [-0.2, -0.15) is 0 Å². The Balaban J connectivity index is 1.64. The number of carbonyl (C=O) groups excluding carboxylic acids is 2. The standard InChI is InChI=1S/C26H23FN2O3S/c1-17-7-3-4-8-18(17)16-28-23-12-11-19(32-2)15-21(23)26(25(28)31)29(13-14-33-26)24(30)20-9-5-6-10-22(20)27/h3-12,15H,13-14,16H2,1-2H3/t26-/m0/s1. The molecule has 0 unspecified atom stereocenters. The highest BCUT2D eigenvalue weighted by atomic mass is 32.2. The minimum atomic E-state index is -1.26. The van der Waals surface area contributed by atoms with Crippen molar-refractivity contribution < 1.29 is 18.7 Å². The van der Waals surface area contributed by atoms with Crippen molar-refractivity contribution in [2.45, 2.75) is 18.3 Å². The van der Waals surface area contributed by atoms with Crippen LogP contribution in [0.15, 0.2) is 66.7 Å². The molecule has 0 radical (unpaired) electrons. The smallest absolute Gasteiger partial charge is 0.268 e. The molecule has 1 spiro atoms. The summed E-state index contributed by atoms with van der Waals surface area (Å²) in [4.78, 5) is 29.6. The Labute approximate surface area is 196 Å². The fourth-order valence-corrected chi connectivity index (χ4v) is 6.07. The van der Waals surface area contributed by atoms with Gasteiger partial charge in [0.05, 0.1) is 24.9 Å². The van der Waals surface area contributed by atoms with Gasteiger partial charge in [-0.15, -0.1) is 11.8 Å². The molecule has 3 aromatic carbocycles. The third-order valence-corrected chi connectivity index (χ3v) is 7.76. The monoisotopic (exact) mass is 462 g/mol. The lowest BCUT2D eigenvalue weighted by atomic mass is 10.0. The fraction of sp³-hybridized carbons (Fsp3) is 0.231. The van der Waals surface area contributed by atoms with E-state index in [9.17, 15) is 14.0 Å². The number of fused-ring (bicyclic) bond motifs is 2. The van der Waals surface area contributed by atoms with Crippen molar-refractivity contribution >= 4 is 29.3 Å². The van der Waals surface area contributed by atoms with E-state index in [4.69, 9.17) is 4.74 Å². The third-order valence-electron chi connectivity index (χ3n) is 6.34. The SMILES string of the molecule is COc1ccc2c(c1)[C@]1(SCCN1C(=O)c1ccccc1F)C(=O)N2Cc1ccccc1C. The molecular weight excluding hydrogens is 439 g/mol. The van der Waals surface area contributed by atoms with Gasteiger partial charge in [0.15, 0.2) is 4.87 Å². The summed E-state index contributed by atoms with van der Waals surface area (Å²) < 4.78 is 20.0. The predicted molar refractivity (Wildman–Crippen MR) is 127 cm³/mol. The fourth-order valence-electron chi connectivity index (χ4n) is 4.62. The van der Waals surface area contributed by atoms with Gasteiger partial charge in [0.25, 0.3) is 11.8 Å². The first kappa shape index (κ1) is 21.5. The zero-order chi connectivity index (χ0) is 23.2. The number of carbonyl (C=O) groups is 2. The van der Waals surface area contributed by atoms with Gasteiger partial charge in [-0.1, -0.05) is 36.4 Å². The van der Waals surface area contributed by atoms with E-state index in [2.05, 4.69) is 0 Å². The van der Waals surface area contributed by atoms with E-state index in [1.807, 2.05) is 49.4 Å². The molecular formula is C26H23FN2O3S. The Morgan fingerprint density at radius 1 is 1.12 bits per heavy atom. The zero-order valence-electron chi connectivity index (χ0n) is 18.4. The molecule has 1 fully saturated rings. The van der Waals surface area contributed by atoms with Crippen LogP contribution in [0.1, 0.15) is 27.0 Å². The quantitative estimate of drug-likeness (QED) is 0.563. The Kier molecular flexibility index (Phi) is 5.37. The summed E-state index contributed by atoms with van der Waals surface area (Å²) in [6.07, 6.45) is 0. The highest BCUT2D eigenvalue weighted by molar-refractivity contribution is 8.01. The van der Waals surface area contributed by atoms with Gasteiger partial charge in [-0.05, 0) is 48.4 Å². The van der Waals surface area contributed by atoms with Crippen LogP contribution in [0.3, 0.4) is 0 Å². The number of thioether (sulfide) groups is 1. The summed E-state index contributed by atoms with van der Waals surface area (Å²) in [5.41, 5.74) is 3.52. The second-order valence-corrected chi connectivity index (χ2v) is 9.42. The second-order valence-electron chi connectivity index (χ2n) is 8.13. The van der Waals surface area contributed by atoms with E-state index in [0.29, 0.717) is 30.2 Å². The average Bonchev–Trinajstić information content (AvgIpc) is 3.37. The molecule has 2 amide bonds. The van der Waals surface area contributed by atoms with Gasteiger partial charge in [0, 0.05) is 17.9 Å². The molecule has 0 N–H and O–H groups in total. The number of methoxy groups -OCH3 is 1. The first-order chi connectivity index (χ1) is 16.0. The van der Waals surface area contributed by atoms with E-state index in [1.54, 1.807) is 24.1 Å². The van der Waals surface area contributed by atoms with Gasteiger partial charge in [-0.25, -0.2) is 4.39 Å². The topological polar surface area (TPSA) is 49.9 Å². The summed E-state index contributed by atoms with van der Waals surface area (Å²) in [6, 6.07) is 19.3. The Morgan fingerprint density at radius 2 is 1.88 bits per heavy atom. The van der Waals surface area contributed by atoms with E-state index >= 15 is 0 Å². The molecule has 2 aliphatic rings. The van der Waals surface area contributed by atoms with E-state index < -0.39 is 16.6 Å². The number of hydrogen-bond acceptors (Lipinski definition) is 4. The van der Waals surface area contributed by atoms with Crippen molar-refractivity contribution in [3.8, 4) is 5.75 Å². The van der Waals surface area contributed by atoms with Gasteiger partial charge in [0.2, 0.25) is 0 Å². The number of aryl methyl sites for hydroxylation is 1. The third kappa shape index (κ3) is 3.30. The largest absolute Gasteiger partial charge is 0.497 e. The predicted octanol–water partition coefficient (Wildman–Crippen LogP) is 4.73. The number of halogens is 1. The molecule has 33 heavy (non-hydrogen) atoms. The molecule has 168 valence electrons. The molecule has 0 saturated carbocycles. The van der Waals surface area contributed by atoms with Gasteiger partial charge in [0.1, 0.15) is 11.6 Å². The van der Waals surface area contributed by atoms with Crippen LogP contribution in [-0.2, 0) is 16.2 Å². The van der Waals surface area contributed by atoms with Crippen LogP contribution in [-0.4, -0.2) is 36.1 Å². The lowest BCUT2D eigenvalue weighted by molar-refractivity contribution is -0.123. The maximum atomic E-state index is 14.5. The number of amides is 2. The van der Waals surface area contributed by atoms with Crippen LogP contribution < -0.4 is 9.64 Å². The minimum absolute atomic E-state index is 0.0334. The highest BCUT2D eigenvalue weighted by Gasteiger charge is 2.59. The van der Waals surface area contributed by atoms with Crippen LogP contribution in [0, 0.1) is 12.7 Å². The maximum absolute atomic E-state index is 14.5. The van der Waals surface area contributed by atoms with Crippen molar-refractivity contribution in [2.24, 2.45) is 0 Å². The van der Waals surface area contributed by atoms with Gasteiger partial charge in [-0.3, -0.25) is 9.59 Å². The summed E-state index contributed by atoms with van der Waals surface area (Å²) in [5, 5.41) is 0. The zero-order valence-corrected chi connectivity index (χ0v) is 19.2. The summed E-state index contributed by atoms with van der Waals surface area (Å²) in [6.45, 7) is 2.74. The lowest BCUT2D eigenvalue weighted by Crippen LogP contribution is -2.50. The summed E-state index contributed by atoms with van der Waals surface area (Å²) in [7, 11) is 1.57. The van der Waals surface area contributed by atoms with Crippen molar-refractivity contribution in [3.05, 3.63) is 94.8 Å². The van der Waals surface area contributed by atoms with Crippen LogP contribution in [0.2, 0.25) is 0 Å². The van der Waals surface area contributed by atoms with Crippen molar-refractivity contribution in [2.75, 3.05) is 24.3 Å². The number of nitrogens with zero attached hydrogens (tertiary/aromatic N) is 2. The van der Waals surface area contributed by atoms with Crippen molar-refractivity contribution in [3.63, 3.8) is 0 Å². The Morgan fingerprint density at radius 3 is 2.64 bits per heavy atom. The molecule has 0 aromatic heterocycles. The molecule has 2 heterocycles. The number of rotatable bonds is 4. The molecule has 2 aliphatic heterocycles. The number of benzene rings is 3. The van der Waals surface area contributed by atoms with E-state index in [0.717, 1.165) is 16.8 Å². The molecule has 5 rings (SSSR count). The number of anilines is 1. The molecule has 7 heteroatoms. The number of ether oxygens (including phenoxy) is 1. The Bertz CT molecular complexity index is 1260. The average molecular weight is 463 g/mol. The highest BCUT2D eigenvalue weighted by Crippen LogP contribution is 2.55. The van der Waals surface area contributed by atoms with E-state index in [-0.39, 0.29) is 11.5 Å². The van der Waals surface area contributed by atoms with Crippen molar-refractivity contribution in [1.29, 1.82) is 0 Å². The summed E-state index contributed by atoms with van der Waals surface area (Å²) in [5.74, 6) is -0.105. The van der Waals surface area contributed by atoms with E-state index in [1.165, 1.54) is 28.8 Å². The van der Waals surface area contributed by atoms with Crippen molar-refractivity contribution in [1.82, 2.24) is 4.90 Å². The maximum Gasteiger partial charge on any atom is 0.268 e. The van der Waals surface area contributed by atoms with Gasteiger partial charge < -0.3 is 14.5 Å². The molecule has 0 bridgehead atoms. The Hall–Kier alpha value is -3.32. The molecule has 3 aromatic rings. The molecule has 5 nitrogen and oxygen atoms in total. The minimum Gasteiger partial charge on any atom is -0.497 e. The molecule has 1 saturated heterocycles. The number of hydrogen-bond donors (Lipinski definition) is 0. The van der Waals surface area contributed by atoms with Crippen LogP contribution >= 0.6 is 11.8 Å².